The lowest BCUT2D eigenvalue weighted by Gasteiger charge is -2.21. The van der Waals surface area contributed by atoms with E-state index >= 15 is 0 Å². The van der Waals surface area contributed by atoms with Gasteiger partial charge in [-0.25, -0.2) is 9.97 Å². The number of methoxy groups -OCH3 is 1. The Balaban J connectivity index is 1.60. The first kappa shape index (κ1) is 21.8. The molecule has 0 aliphatic carbocycles. The Hall–Kier alpha value is -3.40. The van der Waals surface area contributed by atoms with Crippen molar-refractivity contribution in [2.24, 2.45) is 0 Å². The number of rotatable bonds is 8. The number of aromatic nitrogens is 4. The van der Waals surface area contributed by atoms with Gasteiger partial charge in [0.2, 0.25) is 0 Å². The average molecular weight is 450 g/mol. The van der Waals surface area contributed by atoms with Gasteiger partial charge in [-0.1, -0.05) is 36.4 Å². The topological polar surface area (TPSA) is 93.4 Å². The zero-order valence-electron chi connectivity index (χ0n) is 17.8. The number of nitrogens with zero attached hydrogens (tertiary/aromatic N) is 5. The Morgan fingerprint density at radius 2 is 2.03 bits per heavy atom. The first-order valence-electron chi connectivity index (χ1n) is 10.00. The lowest BCUT2D eigenvalue weighted by molar-refractivity contribution is 0.0676. The highest BCUT2D eigenvalue weighted by molar-refractivity contribution is 7.13. The maximum absolute atomic E-state index is 13.2. The van der Waals surface area contributed by atoms with Crippen LogP contribution in [0.1, 0.15) is 27.7 Å². The predicted octanol–water partition coefficient (Wildman–Crippen LogP) is 3.34. The largest absolute Gasteiger partial charge is 0.387 e. The van der Waals surface area contributed by atoms with Gasteiger partial charge in [0.15, 0.2) is 0 Å². The lowest BCUT2D eigenvalue weighted by atomic mass is 10.1. The van der Waals surface area contributed by atoms with Crippen LogP contribution >= 0.6 is 11.3 Å². The van der Waals surface area contributed by atoms with E-state index in [1.807, 2.05) is 53.9 Å². The van der Waals surface area contributed by atoms with Crippen molar-refractivity contribution < 1.29 is 14.6 Å². The lowest BCUT2D eigenvalue weighted by Crippen LogP contribution is -2.31. The third kappa shape index (κ3) is 4.59. The van der Waals surface area contributed by atoms with E-state index in [9.17, 15) is 9.90 Å². The number of carbonyl (C=O) groups excluding carboxylic acids is 1. The predicted molar refractivity (Wildman–Crippen MR) is 122 cm³/mol. The zero-order chi connectivity index (χ0) is 22.5. The van der Waals surface area contributed by atoms with Crippen LogP contribution in [-0.4, -0.2) is 56.4 Å². The molecule has 0 saturated carbocycles. The minimum atomic E-state index is -0.795. The quantitative estimate of drug-likeness (QED) is 0.443. The molecule has 0 spiro atoms. The van der Waals surface area contributed by atoms with Crippen molar-refractivity contribution in [3.8, 4) is 16.5 Å². The second kappa shape index (κ2) is 9.82. The molecule has 0 saturated heterocycles. The number of aliphatic hydroxyl groups is 1. The van der Waals surface area contributed by atoms with Crippen LogP contribution in [0.5, 0.6) is 0 Å². The minimum Gasteiger partial charge on any atom is -0.387 e. The van der Waals surface area contributed by atoms with Crippen molar-refractivity contribution in [3.63, 3.8) is 0 Å². The van der Waals surface area contributed by atoms with Crippen LogP contribution in [0.4, 0.5) is 0 Å². The molecule has 1 amide bonds. The summed E-state index contributed by atoms with van der Waals surface area (Å²) in [6.45, 7) is 0.299. The molecule has 1 unspecified atom stereocenters. The van der Waals surface area contributed by atoms with Gasteiger partial charge < -0.3 is 14.7 Å². The molecule has 0 fully saturated rings. The Morgan fingerprint density at radius 1 is 1.22 bits per heavy atom. The van der Waals surface area contributed by atoms with Crippen molar-refractivity contribution >= 4 is 17.2 Å². The first-order chi connectivity index (χ1) is 15.6. The highest BCUT2D eigenvalue weighted by Crippen LogP contribution is 2.24. The molecule has 32 heavy (non-hydrogen) atoms. The number of ether oxygens (including phenoxy) is 1. The second-order valence-corrected chi connectivity index (χ2v) is 8.13. The Kier molecular flexibility index (Phi) is 6.69. The molecule has 3 heterocycles. The molecule has 9 heteroatoms. The van der Waals surface area contributed by atoms with Gasteiger partial charge in [-0.2, -0.15) is 9.78 Å². The van der Waals surface area contributed by atoms with Gasteiger partial charge in [0.1, 0.15) is 0 Å². The molecule has 164 valence electrons. The number of thiophene rings is 1. The molecule has 3 aromatic heterocycles. The van der Waals surface area contributed by atoms with Gasteiger partial charge in [-0.15, -0.1) is 11.3 Å². The second-order valence-electron chi connectivity index (χ2n) is 7.18. The summed E-state index contributed by atoms with van der Waals surface area (Å²) in [6, 6.07) is 15.0. The fraction of sp³-hybridized carbons (Fsp3) is 0.217. The summed E-state index contributed by atoms with van der Waals surface area (Å²) in [7, 11) is 3.20. The Bertz CT molecular complexity index is 1180. The van der Waals surface area contributed by atoms with Crippen LogP contribution in [-0.2, 0) is 11.3 Å². The Labute approximate surface area is 189 Å². The van der Waals surface area contributed by atoms with E-state index < -0.39 is 6.10 Å². The van der Waals surface area contributed by atoms with Crippen LogP contribution in [0, 0.1) is 0 Å². The zero-order valence-corrected chi connectivity index (χ0v) is 18.6. The summed E-state index contributed by atoms with van der Waals surface area (Å²) in [4.78, 5) is 24.6. The van der Waals surface area contributed by atoms with Crippen LogP contribution < -0.4 is 0 Å². The summed E-state index contributed by atoms with van der Waals surface area (Å²) in [5.74, 6) is 0.0849. The normalized spacial score (nSPS) is 12.0. The fourth-order valence-corrected chi connectivity index (χ4v) is 4.04. The van der Waals surface area contributed by atoms with Gasteiger partial charge in [0.25, 0.3) is 11.9 Å². The number of hydrogen-bond acceptors (Lipinski definition) is 7. The van der Waals surface area contributed by atoms with Gasteiger partial charge in [0, 0.05) is 20.4 Å². The molecule has 0 radical (unpaired) electrons. The summed E-state index contributed by atoms with van der Waals surface area (Å²) in [5, 5.41) is 16.9. The standard InChI is InChI=1S/C23H23N5O3S/c1-27(14-20(29)16-7-4-3-5-8-16)22(30)17-13-25-28(19(17)15-31-2)23-24-11-10-18(26-23)21-9-6-12-32-21/h3-13,20,29H,14-15H2,1-2H3. The van der Waals surface area contributed by atoms with Gasteiger partial charge >= 0.3 is 0 Å². The molecule has 4 aromatic rings. The highest BCUT2D eigenvalue weighted by Gasteiger charge is 2.24. The van der Waals surface area contributed by atoms with Crippen molar-refractivity contribution in [2.75, 3.05) is 20.7 Å². The number of likely N-dealkylation sites (N-methyl/N-ethyl adjacent to an activating group) is 1. The van der Waals surface area contributed by atoms with E-state index in [4.69, 9.17) is 4.74 Å². The van der Waals surface area contributed by atoms with Crippen molar-refractivity contribution in [1.29, 1.82) is 0 Å². The monoisotopic (exact) mass is 449 g/mol. The summed E-state index contributed by atoms with van der Waals surface area (Å²) >= 11 is 1.58. The number of amides is 1. The minimum absolute atomic E-state index is 0.144. The third-order valence-corrected chi connectivity index (χ3v) is 5.86. The summed E-state index contributed by atoms with van der Waals surface area (Å²) in [5.41, 5.74) is 2.44. The molecule has 0 aliphatic heterocycles. The van der Waals surface area contributed by atoms with E-state index in [0.29, 0.717) is 17.2 Å². The van der Waals surface area contributed by atoms with E-state index in [2.05, 4.69) is 15.1 Å². The molecule has 1 aromatic carbocycles. The van der Waals surface area contributed by atoms with Crippen molar-refractivity contribution in [3.05, 3.63) is 83.1 Å². The van der Waals surface area contributed by atoms with Crippen LogP contribution in [0.2, 0.25) is 0 Å². The maximum atomic E-state index is 13.2. The highest BCUT2D eigenvalue weighted by atomic mass is 32.1. The van der Waals surface area contributed by atoms with E-state index in [0.717, 1.165) is 16.1 Å². The molecular weight excluding hydrogens is 426 g/mol. The van der Waals surface area contributed by atoms with E-state index in [1.54, 1.807) is 31.7 Å². The van der Waals surface area contributed by atoms with Crippen LogP contribution in [0.3, 0.4) is 0 Å². The van der Waals surface area contributed by atoms with Gasteiger partial charge in [0.05, 0.1) is 47.3 Å². The molecule has 8 nitrogen and oxygen atoms in total. The molecule has 1 N–H and O–H groups in total. The van der Waals surface area contributed by atoms with Crippen molar-refractivity contribution in [2.45, 2.75) is 12.7 Å². The maximum Gasteiger partial charge on any atom is 0.257 e. The first-order valence-corrected chi connectivity index (χ1v) is 10.9. The molecular formula is C23H23N5O3S. The number of aliphatic hydroxyl groups excluding tert-OH is 1. The third-order valence-electron chi connectivity index (χ3n) is 4.96. The number of hydrogen-bond donors (Lipinski definition) is 1. The van der Waals surface area contributed by atoms with Crippen LogP contribution in [0.15, 0.2) is 66.3 Å². The van der Waals surface area contributed by atoms with E-state index in [-0.39, 0.29) is 19.1 Å². The van der Waals surface area contributed by atoms with E-state index in [1.165, 1.54) is 15.8 Å². The molecule has 0 aliphatic rings. The summed E-state index contributed by atoms with van der Waals surface area (Å²) < 4.78 is 6.86. The SMILES string of the molecule is COCc1c(C(=O)N(C)CC(O)c2ccccc2)cnn1-c1nccc(-c2cccs2)n1. The number of carbonyl (C=O) groups is 1. The smallest absolute Gasteiger partial charge is 0.257 e. The average Bonchev–Trinajstić information content (AvgIpc) is 3.50. The number of benzene rings is 1. The van der Waals surface area contributed by atoms with Crippen LogP contribution in [0.25, 0.3) is 16.5 Å². The molecule has 4 rings (SSSR count). The van der Waals surface area contributed by atoms with Gasteiger partial charge in [-0.05, 0) is 23.1 Å². The molecule has 1 atom stereocenters. The van der Waals surface area contributed by atoms with Gasteiger partial charge in [-0.3, -0.25) is 4.79 Å². The van der Waals surface area contributed by atoms with Crippen molar-refractivity contribution in [1.82, 2.24) is 24.6 Å². The Morgan fingerprint density at radius 3 is 2.75 bits per heavy atom. The molecule has 0 bridgehead atoms. The summed E-state index contributed by atoms with van der Waals surface area (Å²) in [6.07, 6.45) is 2.36. The fourth-order valence-electron chi connectivity index (χ4n) is 3.34.